The van der Waals surface area contributed by atoms with Crippen LogP contribution in [0.4, 0.5) is 0 Å². The molecule has 0 bridgehead atoms. The highest BCUT2D eigenvalue weighted by atomic mass is 79.9. The lowest BCUT2D eigenvalue weighted by Crippen LogP contribution is -2.12. The summed E-state index contributed by atoms with van der Waals surface area (Å²) in [5.74, 6) is 0.982. The van der Waals surface area contributed by atoms with E-state index in [-0.39, 0.29) is 4.99 Å². The first-order chi connectivity index (χ1) is 8.97. The van der Waals surface area contributed by atoms with Crippen LogP contribution >= 0.6 is 39.7 Å². The third-order valence-corrected chi connectivity index (χ3v) is 3.44. The highest BCUT2D eigenvalue weighted by Crippen LogP contribution is 2.32. The standard InChI is InChI=1S/C13H10BrClN2OS/c1-7-2-4-9(12(16)19)13(17-7)18-11-5-3-8(15)6-10(11)14/h2-6H,1H3,(H2,16,19). The van der Waals surface area contributed by atoms with Crippen LogP contribution in [-0.4, -0.2) is 9.97 Å². The maximum absolute atomic E-state index is 5.88. The molecule has 0 aliphatic rings. The topological polar surface area (TPSA) is 48.1 Å². The second-order valence-electron chi connectivity index (χ2n) is 3.85. The lowest BCUT2D eigenvalue weighted by molar-refractivity contribution is 0.458. The molecule has 0 unspecified atom stereocenters. The zero-order valence-electron chi connectivity index (χ0n) is 9.98. The normalized spacial score (nSPS) is 10.3. The van der Waals surface area contributed by atoms with E-state index in [4.69, 9.17) is 34.3 Å². The molecular weight excluding hydrogens is 348 g/mol. The Kier molecular flexibility index (Phi) is 4.39. The fourth-order valence-corrected chi connectivity index (χ4v) is 2.38. The minimum atomic E-state index is 0.243. The maximum Gasteiger partial charge on any atom is 0.229 e. The summed E-state index contributed by atoms with van der Waals surface area (Å²) in [6, 6.07) is 8.85. The number of hydrogen-bond acceptors (Lipinski definition) is 3. The number of nitrogens with two attached hydrogens (primary N) is 1. The Morgan fingerprint density at radius 3 is 2.74 bits per heavy atom. The summed E-state index contributed by atoms with van der Waals surface area (Å²) in [4.78, 5) is 4.55. The second-order valence-corrected chi connectivity index (χ2v) is 5.58. The molecule has 1 heterocycles. The van der Waals surface area contributed by atoms with Gasteiger partial charge in [0.1, 0.15) is 10.7 Å². The third-order valence-electron chi connectivity index (χ3n) is 2.37. The van der Waals surface area contributed by atoms with Gasteiger partial charge in [-0.25, -0.2) is 4.98 Å². The van der Waals surface area contributed by atoms with Gasteiger partial charge < -0.3 is 10.5 Å². The van der Waals surface area contributed by atoms with E-state index in [1.165, 1.54) is 0 Å². The summed E-state index contributed by atoms with van der Waals surface area (Å²) >= 11 is 14.3. The number of thiocarbonyl (C=S) groups is 1. The molecule has 0 aliphatic carbocycles. The highest BCUT2D eigenvalue weighted by molar-refractivity contribution is 9.10. The van der Waals surface area contributed by atoms with Gasteiger partial charge in [0.25, 0.3) is 0 Å². The number of nitrogens with zero attached hydrogens (tertiary/aromatic N) is 1. The summed E-state index contributed by atoms with van der Waals surface area (Å²) in [5.41, 5.74) is 7.08. The molecule has 0 atom stereocenters. The predicted octanol–water partition coefficient (Wildman–Crippen LogP) is 4.23. The number of hydrogen-bond donors (Lipinski definition) is 1. The van der Waals surface area contributed by atoms with Gasteiger partial charge in [0.15, 0.2) is 0 Å². The Labute approximate surface area is 129 Å². The summed E-state index contributed by atoms with van der Waals surface area (Å²) in [7, 11) is 0. The van der Waals surface area contributed by atoms with Gasteiger partial charge in [0.2, 0.25) is 5.88 Å². The van der Waals surface area contributed by atoms with Crippen molar-refractivity contribution in [3.63, 3.8) is 0 Å². The first-order valence-electron chi connectivity index (χ1n) is 5.37. The highest BCUT2D eigenvalue weighted by Gasteiger charge is 2.11. The van der Waals surface area contributed by atoms with Crippen molar-refractivity contribution < 1.29 is 4.74 Å². The van der Waals surface area contributed by atoms with Crippen molar-refractivity contribution in [2.45, 2.75) is 6.92 Å². The van der Waals surface area contributed by atoms with E-state index < -0.39 is 0 Å². The monoisotopic (exact) mass is 356 g/mol. The van der Waals surface area contributed by atoms with Gasteiger partial charge in [-0.15, -0.1) is 0 Å². The summed E-state index contributed by atoms with van der Waals surface area (Å²) in [6.07, 6.45) is 0. The fourth-order valence-electron chi connectivity index (χ4n) is 1.46. The Balaban J connectivity index is 2.42. The summed E-state index contributed by atoms with van der Waals surface area (Å²) < 4.78 is 6.49. The number of rotatable bonds is 3. The Morgan fingerprint density at radius 1 is 1.37 bits per heavy atom. The Hall–Kier alpha value is -1.17. The molecule has 0 fully saturated rings. The molecule has 98 valence electrons. The van der Waals surface area contributed by atoms with E-state index >= 15 is 0 Å². The minimum absolute atomic E-state index is 0.243. The van der Waals surface area contributed by atoms with E-state index in [0.717, 1.165) is 10.2 Å². The van der Waals surface area contributed by atoms with Crippen LogP contribution in [-0.2, 0) is 0 Å². The van der Waals surface area contributed by atoms with Crippen molar-refractivity contribution in [2.24, 2.45) is 5.73 Å². The van der Waals surface area contributed by atoms with Crippen molar-refractivity contribution >= 4 is 44.7 Å². The van der Waals surface area contributed by atoms with E-state index in [1.807, 2.05) is 13.0 Å². The van der Waals surface area contributed by atoms with Crippen molar-refractivity contribution in [3.05, 3.63) is 51.1 Å². The molecule has 0 amide bonds. The molecule has 2 rings (SSSR count). The zero-order valence-corrected chi connectivity index (χ0v) is 13.1. The number of ether oxygens (including phenoxy) is 1. The predicted molar refractivity (Wildman–Crippen MR) is 84.1 cm³/mol. The van der Waals surface area contributed by atoms with Crippen LogP contribution in [0.2, 0.25) is 5.02 Å². The molecule has 1 aromatic carbocycles. The lowest BCUT2D eigenvalue weighted by atomic mass is 10.2. The van der Waals surface area contributed by atoms with Crippen LogP contribution in [0.1, 0.15) is 11.3 Å². The number of benzene rings is 1. The first-order valence-corrected chi connectivity index (χ1v) is 6.95. The number of aryl methyl sites for hydroxylation is 1. The molecule has 0 aliphatic heterocycles. The van der Waals surface area contributed by atoms with Crippen LogP contribution < -0.4 is 10.5 Å². The zero-order chi connectivity index (χ0) is 14.0. The number of pyridine rings is 1. The Bertz CT molecular complexity index is 649. The average Bonchev–Trinajstić information content (AvgIpc) is 2.32. The van der Waals surface area contributed by atoms with Crippen LogP contribution in [0.5, 0.6) is 11.6 Å². The quantitative estimate of drug-likeness (QED) is 0.835. The van der Waals surface area contributed by atoms with Gasteiger partial charge in [-0.2, -0.15) is 0 Å². The summed E-state index contributed by atoms with van der Waals surface area (Å²) in [5, 5.41) is 0.617. The maximum atomic E-state index is 5.88. The van der Waals surface area contributed by atoms with Gasteiger partial charge in [-0.05, 0) is 53.2 Å². The van der Waals surface area contributed by atoms with E-state index in [9.17, 15) is 0 Å². The van der Waals surface area contributed by atoms with Crippen LogP contribution in [0.25, 0.3) is 0 Å². The molecule has 2 N–H and O–H groups in total. The SMILES string of the molecule is Cc1ccc(C(N)=S)c(Oc2ccc(Cl)cc2Br)n1. The van der Waals surface area contributed by atoms with Crippen LogP contribution in [0.15, 0.2) is 34.8 Å². The van der Waals surface area contributed by atoms with Crippen molar-refractivity contribution in [2.75, 3.05) is 0 Å². The smallest absolute Gasteiger partial charge is 0.229 e. The molecule has 19 heavy (non-hydrogen) atoms. The van der Waals surface area contributed by atoms with Crippen LogP contribution in [0, 0.1) is 6.92 Å². The van der Waals surface area contributed by atoms with Gasteiger partial charge in [0.05, 0.1) is 10.0 Å². The number of aromatic nitrogens is 1. The number of halogens is 2. The average molecular weight is 358 g/mol. The first kappa shape index (κ1) is 14.2. The van der Waals surface area contributed by atoms with Crippen LogP contribution in [0.3, 0.4) is 0 Å². The van der Waals surface area contributed by atoms with Gasteiger partial charge >= 0.3 is 0 Å². The van der Waals surface area contributed by atoms with Crippen molar-refractivity contribution in [3.8, 4) is 11.6 Å². The molecule has 0 saturated heterocycles. The fraction of sp³-hybridized carbons (Fsp3) is 0.0769. The molecule has 0 radical (unpaired) electrons. The Morgan fingerprint density at radius 2 is 2.11 bits per heavy atom. The molecule has 3 nitrogen and oxygen atoms in total. The van der Waals surface area contributed by atoms with Gasteiger partial charge in [-0.1, -0.05) is 23.8 Å². The molecule has 1 aromatic heterocycles. The molecule has 2 aromatic rings. The third kappa shape index (κ3) is 3.43. The van der Waals surface area contributed by atoms with E-state index in [0.29, 0.717) is 22.2 Å². The van der Waals surface area contributed by atoms with E-state index in [2.05, 4.69) is 20.9 Å². The van der Waals surface area contributed by atoms with Gasteiger partial charge in [0, 0.05) is 10.7 Å². The molecule has 0 spiro atoms. The summed E-state index contributed by atoms with van der Waals surface area (Å²) in [6.45, 7) is 1.87. The van der Waals surface area contributed by atoms with Crippen molar-refractivity contribution in [1.82, 2.24) is 4.98 Å². The second kappa shape index (κ2) is 5.86. The van der Waals surface area contributed by atoms with E-state index in [1.54, 1.807) is 24.3 Å². The largest absolute Gasteiger partial charge is 0.437 e. The van der Waals surface area contributed by atoms with Crippen molar-refractivity contribution in [1.29, 1.82) is 0 Å². The molecule has 6 heteroatoms. The minimum Gasteiger partial charge on any atom is -0.437 e. The lowest BCUT2D eigenvalue weighted by Gasteiger charge is -2.11. The van der Waals surface area contributed by atoms with Gasteiger partial charge in [-0.3, -0.25) is 0 Å². The molecular formula is C13H10BrClN2OS. The molecule has 0 saturated carbocycles.